The molecule has 0 radical (unpaired) electrons. The normalized spacial score (nSPS) is 27.7. The van der Waals surface area contributed by atoms with E-state index in [0.717, 1.165) is 28.4 Å². The van der Waals surface area contributed by atoms with Crippen molar-refractivity contribution in [3.8, 4) is 0 Å². The van der Waals surface area contributed by atoms with Crippen LogP contribution in [0.25, 0.3) is 0 Å². The van der Waals surface area contributed by atoms with Crippen molar-refractivity contribution in [3.63, 3.8) is 0 Å². The van der Waals surface area contributed by atoms with E-state index in [1.54, 1.807) is 11.0 Å². The zero-order valence-electron chi connectivity index (χ0n) is 11.9. The molecule has 5 heteroatoms. The van der Waals surface area contributed by atoms with E-state index in [1.165, 1.54) is 0 Å². The smallest absolute Gasteiger partial charge is 0.326 e. The summed E-state index contributed by atoms with van der Waals surface area (Å²) in [5.41, 5.74) is 1.68. The molecule has 4 nitrogen and oxygen atoms in total. The van der Waals surface area contributed by atoms with Gasteiger partial charge in [-0.05, 0) is 65.8 Å². The molecule has 21 heavy (non-hydrogen) atoms. The summed E-state index contributed by atoms with van der Waals surface area (Å²) < 4.78 is 0.918. The number of benzene rings is 1. The van der Waals surface area contributed by atoms with E-state index >= 15 is 0 Å². The Morgan fingerprint density at radius 2 is 2.10 bits per heavy atom. The number of nitrogens with zero attached hydrogens (tertiary/aromatic N) is 1. The zero-order chi connectivity index (χ0) is 15.1. The summed E-state index contributed by atoms with van der Waals surface area (Å²) in [6.07, 6.45) is 3.06. The number of aryl methyl sites for hydroxylation is 1. The number of carbonyl (C=O) groups excluding carboxylic acids is 1. The first-order valence-corrected chi connectivity index (χ1v) is 8.37. The van der Waals surface area contributed by atoms with Crippen LogP contribution in [0.15, 0.2) is 18.2 Å². The highest BCUT2D eigenvalue weighted by Crippen LogP contribution is 2.42. The van der Waals surface area contributed by atoms with Crippen LogP contribution < -0.4 is 0 Å². The van der Waals surface area contributed by atoms with E-state index in [0.29, 0.717) is 18.0 Å². The van der Waals surface area contributed by atoms with Gasteiger partial charge in [0, 0.05) is 10.1 Å². The van der Waals surface area contributed by atoms with Crippen molar-refractivity contribution in [2.24, 2.45) is 11.8 Å². The Bertz CT molecular complexity index is 601. The summed E-state index contributed by atoms with van der Waals surface area (Å²) in [6.45, 7) is 2.55. The van der Waals surface area contributed by atoms with E-state index in [1.807, 2.05) is 19.1 Å². The fraction of sp³-hybridized carbons (Fsp3) is 0.500. The lowest BCUT2D eigenvalue weighted by atomic mass is 9.94. The molecular weight excluding hydrogens is 381 g/mol. The molecule has 112 valence electrons. The molecule has 1 amide bonds. The van der Waals surface area contributed by atoms with Crippen molar-refractivity contribution in [2.75, 3.05) is 6.54 Å². The molecule has 1 aliphatic heterocycles. The largest absolute Gasteiger partial charge is 0.480 e. The van der Waals surface area contributed by atoms with Crippen LogP contribution in [0.5, 0.6) is 0 Å². The molecule has 0 spiro atoms. The Hall–Kier alpha value is -1.11. The predicted molar refractivity (Wildman–Crippen MR) is 87.2 cm³/mol. The molecule has 2 fully saturated rings. The first-order valence-electron chi connectivity index (χ1n) is 7.29. The fourth-order valence-corrected chi connectivity index (χ4v) is 4.39. The van der Waals surface area contributed by atoms with Crippen molar-refractivity contribution in [1.82, 2.24) is 4.90 Å². The highest BCUT2D eigenvalue weighted by molar-refractivity contribution is 14.1. The van der Waals surface area contributed by atoms with E-state index in [9.17, 15) is 14.7 Å². The predicted octanol–water partition coefficient (Wildman–Crippen LogP) is 2.92. The van der Waals surface area contributed by atoms with Gasteiger partial charge < -0.3 is 10.0 Å². The number of carboxylic acids is 1. The molecule has 0 aromatic heterocycles. The molecule has 1 aliphatic carbocycles. The zero-order valence-corrected chi connectivity index (χ0v) is 14.0. The third-order valence-electron chi connectivity index (χ3n) is 4.83. The highest BCUT2D eigenvalue weighted by Gasteiger charge is 2.49. The van der Waals surface area contributed by atoms with E-state index < -0.39 is 12.0 Å². The number of halogens is 1. The molecular formula is C16H18INO3. The maximum Gasteiger partial charge on any atom is 0.326 e. The SMILES string of the molecule is Cc1cccc(C(=O)N2CC3CCCC3C2C(=O)O)c1I. The van der Waals surface area contributed by atoms with E-state index in [4.69, 9.17) is 0 Å². The topological polar surface area (TPSA) is 57.6 Å². The van der Waals surface area contributed by atoms with Crippen LogP contribution in [0.3, 0.4) is 0 Å². The quantitative estimate of drug-likeness (QED) is 0.779. The van der Waals surface area contributed by atoms with Gasteiger partial charge in [0.2, 0.25) is 0 Å². The Morgan fingerprint density at radius 1 is 1.33 bits per heavy atom. The minimum Gasteiger partial charge on any atom is -0.480 e. The molecule has 3 unspecified atom stereocenters. The number of hydrogen-bond acceptors (Lipinski definition) is 2. The second-order valence-electron chi connectivity index (χ2n) is 6.03. The van der Waals surface area contributed by atoms with Gasteiger partial charge in [-0.2, -0.15) is 0 Å². The molecule has 1 N–H and O–H groups in total. The summed E-state index contributed by atoms with van der Waals surface area (Å²) in [5.74, 6) is -0.503. The monoisotopic (exact) mass is 399 g/mol. The average molecular weight is 399 g/mol. The van der Waals surface area contributed by atoms with Gasteiger partial charge in [-0.15, -0.1) is 0 Å². The van der Waals surface area contributed by atoms with Crippen LogP contribution in [-0.2, 0) is 4.79 Å². The highest BCUT2D eigenvalue weighted by atomic mass is 127. The van der Waals surface area contributed by atoms with Gasteiger partial charge in [0.1, 0.15) is 6.04 Å². The maximum atomic E-state index is 12.8. The second kappa shape index (κ2) is 5.59. The number of amides is 1. The molecule has 3 atom stereocenters. The Labute approximate surface area is 137 Å². The van der Waals surface area contributed by atoms with Gasteiger partial charge in [-0.1, -0.05) is 18.6 Å². The van der Waals surface area contributed by atoms with Gasteiger partial charge in [-0.3, -0.25) is 4.79 Å². The number of aliphatic carboxylic acids is 1. The van der Waals surface area contributed by atoms with Crippen molar-refractivity contribution in [3.05, 3.63) is 32.9 Å². The first kappa shape index (κ1) is 14.8. The summed E-state index contributed by atoms with van der Waals surface area (Å²) in [6, 6.07) is 4.97. The van der Waals surface area contributed by atoms with Gasteiger partial charge in [0.05, 0.1) is 5.56 Å². The number of carboxylic acid groups (broad SMARTS) is 1. The maximum absolute atomic E-state index is 12.8. The Kier molecular flexibility index (Phi) is 3.94. The van der Waals surface area contributed by atoms with Crippen LogP contribution in [0.2, 0.25) is 0 Å². The summed E-state index contributed by atoms with van der Waals surface area (Å²) in [4.78, 5) is 26.1. The lowest BCUT2D eigenvalue weighted by Crippen LogP contribution is -2.43. The van der Waals surface area contributed by atoms with E-state index in [2.05, 4.69) is 22.6 Å². The number of rotatable bonds is 2. The fourth-order valence-electron chi connectivity index (χ4n) is 3.80. The third-order valence-corrected chi connectivity index (χ3v) is 6.26. The number of fused-ring (bicyclic) bond motifs is 1. The third kappa shape index (κ3) is 2.45. The van der Waals surface area contributed by atoms with E-state index in [-0.39, 0.29) is 11.8 Å². The lowest BCUT2D eigenvalue weighted by Gasteiger charge is -2.25. The summed E-state index contributed by atoms with van der Waals surface area (Å²) in [7, 11) is 0. The molecule has 0 bridgehead atoms. The molecule has 1 saturated heterocycles. The minimum atomic E-state index is -0.861. The summed E-state index contributed by atoms with van der Waals surface area (Å²) in [5, 5.41) is 9.55. The Balaban J connectivity index is 1.93. The number of likely N-dealkylation sites (tertiary alicyclic amines) is 1. The van der Waals surface area contributed by atoms with Gasteiger partial charge in [0.15, 0.2) is 0 Å². The van der Waals surface area contributed by atoms with Crippen LogP contribution in [0.1, 0.15) is 35.2 Å². The molecule has 1 saturated carbocycles. The molecule has 1 aromatic carbocycles. The molecule has 1 heterocycles. The number of hydrogen-bond donors (Lipinski definition) is 1. The van der Waals surface area contributed by atoms with Crippen LogP contribution in [-0.4, -0.2) is 34.5 Å². The van der Waals surface area contributed by atoms with Crippen LogP contribution in [0, 0.1) is 22.3 Å². The van der Waals surface area contributed by atoms with Gasteiger partial charge in [0.25, 0.3) is 5.91 Å². The van der Waals surface area contributed by atoms with Crippen molar-refractivity contribution in [1.29, 1.82) is 0 Å². The van der Waals surface area contributed by atoms with Crippen LogP contribution in [0.4, 0.5) is 0 Å². The first-order chi connectivity index (χ1) is 10.0. The minimum absolute atomic E-state index is 0.133. The van der Waals surface area contributed by atoms with Gasteiger partial charge in [-0.25, -0.2) is 4.79 Å². The Morgan fingerprint density at radius 3 is 2.81 bits per heavy atom. The van der Waals surface area contributed by atoms with Gasteiger partial charge >= 0.3 is 5.97 Å². The standard InChI is InChI=1S/C16H18INO3/c1-9-4-2-7-12(13(9)17)15(19)18-8-10-5-3-6-11(10)14(18)16(20)21/h2,4,7,10-11,14H,3,5-6,8H2,1H3,(H,20,21). The number of carbonyl (C=O) groups is 2. The van der Waals surface area contributed by atoms with Crippen LogP contribution >= 0.6 is 22.6 Å². The van der Waals surface area contributed by atoms with Crippen molar-refractivity contribution < 1.29 is 14.7 Å². The van der Waals surface area contributed by atoms with Crippen molar-refractivity contribution in [2.45, 2.75) is 32.2 Å². The lowest BCUT2D eigenvalue weighted by molar-refractivity contribution is -0.142. The average Bonchev–Trinajstić information content (AvgIpc) is 3.00. The molecule has 3 rings (SSSR count). The van der Waals surface area contributed by atoms with Crippen molar-refractivity contribution >= 4 is 34.5 Å². The molecule has 1 aromatic rings. The second-order valence-corrected chi connectivity index (χ2v) is 7.11. The summed E-state index contributed by atoms with van der Waals surface area (Å²) >= 11 is 2.17. The molecule has 2 aliphatic rings.